The Kier molecular flexibility index (Phi) is 5.64. The first-order valence-corrected chi connectivity index (χ1v) is 7.36. The molecular weight excluding hydrogens is 304 g/mol. The molecule has 0 fully saturated rings. The number of nitrogens with two attached hydrogens (primary N) is 1. The zero-order chi connectivity index (χ0) is 12.8. The highest BCUT2D eigenvalue weighted by atomic mass is 79.9. The van der Waals surface area contributed by atoms with E-state index < -0.39 is 10.8 Å². The van der Waals surface area contributed by atoms with Gasteiger partial charge in [0.25, 0.3) is 0 Å². The lowest BCUT2D eigenvalue weighted by atomic mass is 10.3. The van der Waals surface area contributed by atoms with Gasteiger partial charge in [0.05, 0.1) is 15.7 Å². The Labute approximate surface area is 112 Å². The van der Waals surface area contributed by atoms with E-state index in [1.54, 1.807) is 18.2 Å². The number of benzene rings is 1. The molecule has 1 aromatic rings. The van der Waals surface area contributed by atoms with Crippen molar-refractivity contribution in [1.82, 2.24) is 5.32 Å². The van der Waals surface area contributed by atoms with Crippen molar-refractivity contribution in [2.24, 2.45) is 0 Å². The number of rotatable bonds is 5. The van der Waals surface area contributed by atoms with E-state index in [1.807, 2.05) is 6.92 Å². The molecule has 1 rings (SSSR count). The van der Waals surface area contributed by atoms with Crippen LogP contribution in [0, 0.1) is 0 Å². The number of amides is 1. The molecule has 0 saturated carbocycles. The first kappa shape index (κ1) is 14.2. The van der Waals surface area contributed by atoms with Gasteiger partial charge < -0.3 is 11.1 Å². The predicted octanol–water partition coefficient (Wildman–Crippen LogP) is 1.67. The number of hydrogen-bond donors (Lipinski definition) is 2. The third-order valence-corrected chi connectivity index (χ3v) is 4.04. The maximum absolute atomic E-state index is 11.9. The molecule has 0 aliphatic carbocycles. The fraction of sp³-hybridized carbons (Fsp3) is 0.364. The molecule has 0 aliphatic heterocycles. The monoisotopic (exact) mass is 318 g/mol. The van der Waals surface area contributed by atoms with Crippen LogP contribution in [0.3, 0.4) is 0 Å². The second-order valence-corrected chi connectivity index (χ2v) is 5.89. The molecule has 0 aliphatic rings. The summed E-state index contributed by atoms with van der Waals surface area (Å²) in [7, 11) is -1.23. The van der Waals surface area contributed by atoms with Crippen LogP contribution in [-0.2, 0) is 15.6 Å². The largest absolute Gasteiger partial charge is 0.398 e. The Morgan fingerprint density at radius 2 is 2.24 bits per heavy atom. The van der Waals surface area contributed by atoms with Crippen molar-refractivity contribution in [3.8, 4) is 0 Å². The summed E-state index contributed by atoms with van der Waals surface area (Å²) in [4.78, 5) is 11.8. The second-order valence-electron chi connectivity index (χ2n) is 3.44. The Hall–Kier alpha value is -0.880. The highest BCUT2D eigenvalue weighted by Gasteiger charge is 2.10. The zero-order valence-corrected chi connectivity index (χ0v) is 11.9. The van der Waals surface area contributed by atoms with Crippen LogP contribution in [0.1, 0.15) is 13.3 Å². The van der Waals surface area contributed by atoms with Crippen LogP contribution < -0.4 is 11.1 Å². The van der Waals surface area contributed by atoms with E-state index in [4.69, 9.17) is 5.73 Å². The molecule has 1 unspecified atom stereocenters. The van der Waals surface area contributed by atoms with Crippen LogP contribution >= 0.6 is 15.9 Å². The maximum Gasteiger partial charge on any atom is 0.220 e. The van der Waals surface area contributed by atoms with Crippen LogP contribution in [0.4, 0.5) is 5.69 Å². The van der Waals surface area contributed by atoms with Crippen molar-refractivity contribution >= 4 is 38.3 Å². The average molecular weight is 319 g/mol. The number of nitrogens with one attached hydrogen (secondary N) is 1. The Bertz CT molecular complexity index is 437. The maximum atomic E-state index is 11.9. The lowest BCUT2D eigenvalue weighted by Crippen LogP contribution is -2.24. The molecule has 0 saturated heterocycles. The summed E-state index contributed by atoms with van der Waals surface area (Å²) >= 11 is 3.29. The van der Waals surface area contributed by atoms with Crippen molar-refractivity contribution in [3.63, 3.8) is 0 Å². The quantitative estimate of drug-likeness (QED) is 0.811. The lowest BCUT2D eigenvalue weighted by molar-refractivity contribution is -0.120. The fourth-order valence-electron chi connectivity index (χ4n) is 1.31. The first-order valence-electron chi connectivity index (χ1n) is 5.24. The highest BCUT2D eigenvalue weighted by molar-refractivity contribution is 9.10. The van der Waals surface area contributed by atoms with Gasteiger partial charge in [-0.3, -0.25) is 9.00 Å². The Morgan fingerprint density at radius 1 is 1.53 bits per heavy atom. The number of hydrogen-bond acceptors (Lipinski definition) is 3. The molecule has 0 aromatic heterocycles. The molecule has 3 N–H and O–H groups in total. The van der Waals surface area contributed by atoms with E-state index in [1.165, 1.54) is 0 Å². The summed E-state index contributed by atoms with van der Waals surface area (Å²) in [6.07, 6.45) is 0.246. The van der Waals surface area contributed by atoms with Gasteiger partial charge in [-0.15, -0.1) is 0 Å². The van der Waals surface area contributed by atoms with Crippen molar-refractivity contribution < 1.29 is 9.00 Å². The predicted molar refractivity (Wildman–Crippen MR) is 73.1 cm³/mol. The third kappa shape index (κ3) is 4.47. The summed E-state index contributed by atoms with van der Waals surface area (Å²) in [5.74, 6) is 0.203. The topological polar surface area (TPSA) is 72.2 Å². The van der Waals surface area contributed by atoms with Gasteiger partial charge >= 0.3 is 0 Å². The van der Waals surface area contributed by atoms with Gasteiger partial charge in [-0.1, -0.05) is 15.9 Å². The normalized spacial score (nSPS) is 12.1. The summed E-state index contributed by atoms with van der Waals surface area (Å²) in [5.41, 5.74) is 6.24. The van der Waals surface area contributed by atoms with Gasteiger partial charge in [-0.05, 0) is 25.1 Å². The standard InChI is InChI=1S/C11H15BrN2O2S/c1-2-14-11(15)5-6-17(16)10-4-3-8(12)7-9(10)13/h3-4,7H,2,5-6,13H2,1H3,(H,14,15). The minimum absolute atomic E-state index is 0.0865. The van der Waals surface area contributed by atoms with Gasteiger partial charge in [0.1, 0.15) is 0 Å². The van der Waals surface area contributed by atoms with Crippen LogP contribution in [0.5, 0.6) is 0 Å². The Balaban J connectivity index is 2.61. The number of carbonyl (C=O) groups excluding carboxylic acids is 1. The minimum Gasteiger partial charge on any atom is -0.398 e. The molecule has 0 spiro atoms. The molecule has 0 heterocycles. The molecule has 1 amide bonds. The summed E-state index contributed by atoms with van der Waals surface area (Å²) < 4.78 is 12.8. The number of carbonyl (C=O) groups is 1. The highest BCUT2D eigenvalue weighted by Crippen LogP contribution is 2.21. The van der Waals surface area contributed by atoms with E-state index >= 15 is 0 Å². The molecule has 1 atom stereocenters. The van der Waals surface area contributed by atoms with Gasteiger partial charge in [0, 0.05) is 28.9 Å². The first-order chi connectivity index (χ1) is 8.04. The molecule has 6 heteroatoms. The smallest absolute Gasteiger partial charge is 0.220 e. The van der Waals surface area contributed by atoms with E-state index in [9.17, 15) is 9.00 Å². The lowest BCUT2D eigenvalue weighted by Gasteiger charge is -2.06. The summed E-state index contributed by atoms with van der Waals surface area (Å²) in [6, 6.07) is 5.21. The van der Waals surface area contributed by atoms with E-state index in [0.717, 1.165) is 4.47 Å². The summed E-state index contributed by atoms with van der Waals surface area (Å²) in [5, 5.41) is 2.66. The third-order valence-electron chi connectivity index (χ3n) is 2.11. The number of anilines is 1. The molecule has 0 bridgehead atoms. The fourth-order valence-corrected chi connectivity index (χ4v) is 2.82. The van der Waals surface area contributed by atoms with Crippen LogP contribution in [0.15, 0.2) is 27.6 Å². The molecule has 94 valence electrons. The van der Waals surface area contributed by atoms with Crippen molar-refractivity contribution in [3.05, 3.63) is 22.7 Å². The van der Waals surface area contributed by atoms with Gasteiger partial charge in [-0.25, -0.2) is 0 Å². The van der Waals surface area contributed by atoms with Crippen molar-refractivity contribution in [2.45, 2.75) is 18.2 Å². The number of halogens is 1. The summed E-state index contributed by atoms with van der Waals surface area (Å²) in [6.45, 7) is 2.44. The molecule has 1 aromatic carbocycles. The molecule has 17 heavy (non-hydrogen) atoms. The van der Waals surface area contributed by atoms with Gasteiger partial charge in [-0.2, -0.15) is 0 Å². The van der Waals surface area contributed by atoms with E-state index in [0.29, 0.717) is 17.1 Å². The zero-order valence-electron chi connectivity index (χ0n) is 9.53. The SMILES string of the molecule is CCNC(=O)CCS(=O)c1ccc(Br)cc1N. The van der Waals surface area contributed by atoms with Crippen molar-refractivity contribution in [2.75, 3.05) is 18.0 Å². The van der Waals surface area contributed by atoms with Crippen LogP contribution in [0.25, 0.3) is 0 Å². The van der Waals surface area contributed by atoms with Crippen molar-refractivity contribution in [1.29, 1.82) is 0 Å². The molecular formula is C11H15BrN2O2S. The van der Waals surface area contributed by atoms with Crippen LogP contribution in [0.2, 0.25) is 0 Å². The number of nitrogen functional groups attached to an aromatic ring is 1. The second kappa shape index (κ2) is 6.76. The van der Waals surface area contributed by atoms with Gasteiger partial charge in [0.2, 0.25) is 5.91 Å². The van der Waals surface area contributed by atoms with E-state index in [-0.39, 0.29) is 18.1 Å². The molecule has 4 nitrogen and oxygen atoms in total. The van der Waals surface area contributed by atoms with E-state index in [2.05, 4.69) is 21.2 Å². The average Bonchev–Trinajstić information content (AvgIpc) is 2.26. The van der Waals surface area contributed by atoms with Gasteiger partial charge in [0.15, 0.2) is 0 Å². The van der Waals surface area contributed by atoms with Crippen LogP contribution in [-0.4, -0.2) is 22.4 Å². The minimum atomic E-state index is -1.23. The Morgan fingerprint density at radius 3 is 2.82 bits per heavy atom. The molecule has 0 radical (unpaired) electrons.